The molecule has 2 atom stereocenters. The number of anilines is 1. The molecule has 0 aliphatic carbocycles. The average Bonchev–Trinajstić information content (AvgIpc) is 2.90. The van der Waals surface area contributed by atoms with Crippen LogP contribution in [0.1, 0.15) is 12.5 Å². The number of aryl methyl sites for hydroxylation is 1. The van der Waals surface area contributed by atoms with Gasteiger partial charge in [0.25, 0.3) is 0 Å². The maximum Gasteiger partial charge on any atom is 0.231 e. The molecule has 1 aromatic rings. The van der Waals surface area contributed by atoms with Crippen LogP contribution < -0.4 is 15.4 Å². The first kappa shape index (κ1) is 16.3. The number of carbonyl (C=O) groups is 1. The summed E-state index contributed by atoms with van der Waals surface area (Å²) in [5, 5.41) is 6.27. The largest absolute Gasteiger partial charge is 0.495 e. The van der Waals surface area contributed by atoms with Crippen LogP contribution in [0.5, 0.6) is 5.75 Å². The van der Waals surface area contributed by atoms with Crippen LogP contribution in [-0.4, -0.2) is 38.8 Å². The van der Waals surface area contributed by atoms with Crippen molar-refractivity contribution in [3.8, 4) is 5.75 Å². The Balaban J connectivity index is 2.16. The molecular weight excluding hydrogens is 336 g/mol. The fourth-order valence-corrected chi connectivity index (χ4v) is 3.08. The first-order chi connectivity index (χ1) is 10.1. The molecule has 1 amide bonds. The summed E-state index contributed by atoms with van der Waals surface area (Å²) in [7, 11) is 1.59. The molecule has 2 rings (SSSR count). The summed E-state index contributed by atoms with van der Waals surface area (Å²) in [6, 6.07) is 3.86. The van der Waals surface area contributed by atoms with Gasteiger partial charge in [-0.3, -0.25) is 4.79 Å². The first-order valence-electron chi connectivity index (χ1n) is 7.03. The van der Waals surface area contributed by atoms with Gasteiger partial charge in [-0.2, -0.15) is 0 Å². The molecule has 21 heavy (non-hydrogen) atoms. The number of benzene rings is 1. The van der Waals surface area contributed by atoms with Crippen molar-refractivity contribution < 1.29 is 14.3 Å². The van der Waals surface area contributed by atoms with Crippen molar-refractivity contribution in [3.63, 3.8) is 0 Å². The van der Waals surface area contributed by atoms with Crippen LogP contribution in [-0.2, 0) is 9.53 Å². The summed E-state index contributed by atoms with van der Waals surface area (Å²) in [6.07, 6.45) is 0. The van der Waals surface area contributed by atoms with Gasteiger partial charge >= 0.3 is 0 Å². The Bertz CT molecular complexity index is 522. The third kappa shape index (κ3) is 3.75. The Morgan fingerprint density at radius 2 is 2.24 bits per heavy atom. The van der Waals surface area contributed by atoms with Crippen molar-refractivity contribution in [2.75, 3.05) is 32.2 Å². The summed E-state index contributed by atoms with van der Waals surface area (Å²) in [5.74, 6) is 0.425. The highest BCUT2D eigenvalue weighted by Gasteiger charge is 2.34. The molecule has 6 heteroatoms. The summed E-state index contributed by atoms with van der Waals surface area (Å²) >= 11 is 3.43. The topological polar surface area (TPSA) is 59.6 Å². The molecule has 1 saturated heterocycles. The molecular formula is C15H21BrN2O3. The van der Waals surface area contributed by atoms with Crippen molar-refractivity contribution >= 4 is 27.5 Å². The number of carbonyl (C=O) groups excluding carboxylic acids is 1. The van der Waals surface area contributed by atoms with Gasteiger partial charge < -0.3 is 20.1 Å². The predicted octanol–water partition coefficient (Wildman–Crippen LogP) is 2.33. The van der Waals surface area contributed by atoms with E-state index in [1.54, 1.807) is 7.11 Å². The van der Waals surface area contributed by atoms with Gasteiger partial charge in [-0.05, 0) is 31.2 Å². The average molecular weight is 357 g/mol. The van der Waals surface area contributed by atoms with E-state index in [1.807, 2.05) is 26.0 Å². The van der Waals surface area contributed by atoms with Crippen molar-refractivity contribution in [2.45, 2.75) is 19.9 Å². The van der Waals surface area contributed by atoms with E-state index in [1.165, 1.54) is 0 Å². The number of rotatable bonds is 5. The molecule has 116 valence electrons. The lowest BCUT2D eigenvalue weighted by molar-refractivity contribution is -0.120. The molecule has 0 bridgehead atoms. The van der Waals surface area contributed by atoms with Crippen LogP contribution in [0.2, 0.25) is 0 Å². The normalized spacial score (nSPS) is 21.3. The molecule has 0 saturated carbocycles. The molecule has 2 unspecified atom stereocenters. The molecule has 1 fully saturated rings. The molecule has 0 aromatic heterocycles. The number of halogens is 1. The Morgan fingerprint density at radius 3 is 2.90 bits per heavy atom. The molecule has 1 heterocycles. The standard InChI is InChI=1S/C15H21BrN2O3/c1-4-17-12-8-21-7-11(12)15(19)18-14-9(2)5-10(16)6-13(14)20-3/h5-6,11-12,17H,4,7-8H2,1-3H3,(H,18,19). The lowest BCUT2D eigenvalue weighted by Crippen LogP contribution is -2.41. The van der Waals surface area contributed by atoms with E-state index in [9.17, 15) is 4.79 Å². The highest BCUT2D eigenvalue weighted by atomic mass is 79.9. The predicted molar refractivity (Wildman–Crippen MR) is 85.8 cm³/mol. The Morgan fingerprint density at radius 1 is 1.48 bits per heavy atom. The number of amides is 1. The summed E-state index contributed by atoms with van der Waals surface area (Å²) in [4.78, 5) is 12.5. The van der Waals surface area contributed by atoms with Gasteiger partial charge in [0.05, 0.1) is 31.9 Å². The second-order valence-corrected chi connectivity index (χ2v) is 6.01. The number of methoxy groups -OCH3 is 1. The number of likely N-dealkylation sites (N-methyl/N-ethyl adjacent to an activating group) is 1. The summed E-state index contributed by atoms with van der Waals surface area (Å²) in [5.41, 5.74) is 1.67. The van der Waals surface area contributed by atoms with Crippen LogP contribution in [0, 0.1) is 12.8 Å². The first-order valence-corrected chi connectivity index (χ1v) is 7.82. The molecule has 1 aliphatic heterocycles. The third-order valence-electron chi connectivity index (χ3n) is 3.62. The number of hydrogen-bond acceptors (Lipinski definition) is 4. The molecule has 0 spiro atoms. The Labute approximate surface area is 133 Å². The minimum atomic E-state index is -0.183. The lowest BCUT2D eigenvalue weighted by atomic mass is 10.0. The molecule has 0 radical (unpaired) electrons. The number of nitrogens with one attached hydrogen (secondary N) is 2. The summed E-state index contributed by atoms with van der Waals surface area (Å²) < 4.78 is 11.7. The second-order valence-electron chi connectivity index (χ2n) is 5.10. The van der Waals surface area contributed by atoms with Crippen molar-refractivity contribution in [1.29, 1.82) is 0 Å². The van der Waals surface area contributed by atoms with E-state index in [4.69, 9.17) is 9.47 Å². The fraction of sp³-hybridized carbons (Fsp3) is 0.533. The summed E-state index contributed by atoms with van der Waals surface area (Å²) in [6.45, 7) is 5.80. The maximum atomic E-state index is 12.5. The minimum absolute atomic E-state index is 0.0397. The Kier molecular flexibility index (Phi) is 5.61. The maximum absolute atomic E-state index is 12.5. The third-order valence-corrected chi connectivity index (χ3v) is 4.07. The monoisotopic (exact) mass is 356 g/mol. The zero-order valence-electron chi connectivity index (χ0n) is 12.5. The molecule has 5 nitrogen and oxygen atoms in total. The number of hydrogen-bond donors (Lipinski definition) is 2. The lowest BCUT2D eigenvalue weighted by Gasteiger charge is -2.20. The molecule has 1 aliphatic rings. The highest BCUT2D eigenvalue weighted by molar-refractivity contribution is 9.10. The van der Waals surface area contributed by atoms with Gasteiger partial charge in [0.1, 0.15) is 5.75 Å². The van der Waals surface area contributed by atoms with E-state index in [-0.39, 0.29) is 17.9 Å². The minimum Gasteiger partial charge on any atom is -0.495 e. The Hall–Kier alpha value is -1.11. The van der Waals surface area contributed by atoms with Crippen molar-refractivity contribution in [2.24, 2.45) is 5.92 Å². The fourth-order valence-electron chi connectivity index (χ4n) is 2.53. The van der Waals surface area contributed by atoms with Crippen LogP contribution in [0.25, 0.3) is 0 Å². The van der Waals surface area contributed by atoms with Crippen molar-refractivity contribution in [3.05, 3.63) is 22.2 Å². The van der Waals surface area contributed by atoms with E-state index in [0.29, 0.717) is 24.7 Å². The van der Waals surface area contributed by atoms with E-state index in [0.717, 1.165) is 16.6 Å². The van der Waals surface area contributed by atoms with Crippen LogP contribution in [0.3, 0.4) is 0 Å². The number of ether oxygens (including phenoxy) is 2. The van der Waals surface area contributed by atoms with Gasteiger partial charge in [0.15, 0.2) is 0 Å². The molecule has 2 N–H and O–H groups in total. The second kappa shape index (κ2) is 7.24. The van der Waals surface area contributed by atoms with Gasteiger partial charge in [-0.15, -0.1) is 0 Å². The van der Waals surface area contributed by atoms with E-state index in [2.05, 4.69) is 26.6 Å². The quantitative estimate of drug-likeness (QED) is 0.849. The van der Waals surface area contributed by atoms with E-state index < -0.39 is 0 Å². The van der Waals surface area contributed by atoms with E-state index >= 15 is 0 Å². The van der Waals surface area contributed by atoms with Crippen LogP contribution >= 0.6 is 15.9 Å². The highest BCUT2D eigenvalue weighted by Crippen LogP contribution is 2.32. The van der Waals surface area contributed by atoms with Gasteiger partial charge in [-0.1, -0.05) is 22.9 Å². The van der Waals surface area contributed by atoms with Gasteiger partial charge in [0, 0.05) is 10.5 Å². The van der Waals surface area contributed by atoms with Crippen LogP contribution in [0.4, 0.5) is 5.69 Å². The van der Waals surface area contributed by atoms with Gasteiger partial charge in [0.2, 0.25) is 5.91 Å². The zero-order valence-corrected chi connectivity index (χ0v) is 14.1. The van der Waals surface area contributed by atoms with Crippen molar-refractivity contribution in [1.82, 2.24) is 5.32 Å². The smallest absolute Gasteiger partial charge is 0.231 e. The zero-order chi connectivity index (χ0) is 15.4. The van der Waals surface area contributed by atoms with Gasteiger partial charge in [-0.25, -0.2) is 0 Å². The van der Waals surface area contributed by atoms with Crippen LogP contribution in [0.15, 0.2) is 16.6 Å². The SMILES string of the molecule is CCNC1COCC1C(=O)Nc1c(C)cc(Br)cc1OC. The molecule has 1 aromatic carbocycles.